The van der Waals surface area contributed by atoms with Gasteiger partial charge in [0.1, 0.15) is 0 Å². The summed E-state index contributed by atoms with van der Waals surface area (Å²) in [5.74, 6) is 0.776. The number of thiazole rings is 1. The number of nitrogens with one attached hydrogen (secondary N) is 1. The lowest BCUT2D eigenvalue weighted by Gasteiger charge is -2.24. The molecule has 0 aliphatic rings. The van der Waals surface area contributed by atoms with Crippen molar-refractivity contribution >= 4 is 16.5 Å². The molecule has 0 aliphatic heterocycles. The van der Waals surface area contributed by atoms with Crippen molar-refractivity contribution in [3.63, 3.8) is 0 Å². The third kappa shape index (κ3) is 5.06. The lowest BCUT2D eigenvalue weighted by Crippen LogP contribution is -2.28. The van der Waals surface area contributed by atoms with E-state index in [0.29, 0.717) is 6.04 Å². The fourth-order valence-corrected chi connectivity index (χ4v) is 3.30. The van der Waals surface area contributed by atoms with E-state index >= 15 is 0 Å². The predicted molar refractivity (Wildman–Crippen MR) is 90.8 cm³/mol. The second-order valence-electron chi connectivity index (χ2n) is 5.44. The Kier molecular flexibility index (Phi) is 8.15. The molecule has 1 N–H and O–H groups in total. The van der Waals surface area contributed by atoms with E-state index < -0.39 is 0 Å². The Morgan fingerprint density at radius 3 is 2.50 bits per heavy atom. The Hall–Kier alpha value is -0.610. The van der Waals surface area contributed by atoms with Crippen molar-refractivity contribution in [3.05, 3.63) is 11.1 Å². The van der Waals surface area contributed by atoms with Gasteiger partial charge in [0.2, 0.25) is 0 Å². The van der Waals surface area contributed by atoms with Crippen LogP contribution >= 0.6 is 11.3 Å². The summed E-state index contributed by atoms with van der Waals surface area (Å²) >= 11 is 1.84. The highest BCUT2D eigenvalue weighted by Gasteiger charge is 2.15. The SMILES string of the molecule is CCCNC(C)c1cnc(N(CC)CC(CC)CC)s1. The molecule has 0 saturated carbocycles. The first-order valence-corrected chi connectivity index (χ1v) is 8.91. The van der Waals surface area contributed by atoms with Gasteiger partial charge in [0.15, 0.2) is 5.13 Å². The highest BCUT2D eigenvalue weighted by atomic mass is 32.1. The molecule has 1 aromatic heterocycles. The maximum atomic E-state index is 4.64. The quantitative estimate of drug-likeness (QED) is 0.691. The Bertz CT molecular complexity index is 360. The van der Waals surface area contributed by atoms with Crippen LogP contribution in [0.1, 0.15) is 64.8 Å². The third-order valence-electron chi connectivity index (χ3n) is 3.92. The number of aromatic nitrogens is 1. The van der Waals surface area contributed by atoms with E-state index in [1.807, 2.05) is 17.5 Å². The Morgan fingerprint density at radius 2 is 1.95 bits per heavy atom. The van der Waals surface area contributed by atoms with Crippen LogP contribution in [-0.2, 0) is 0 Å². The van der Waals surface area contributed by atoms with E-state index in [2.05, 4.69) is 49.8 Å². The molecule has 0 fully saturated rings. The molecule has 0 aromatic carbocycles. The molecule has 1 unspecified atom stereocenters. The lowest BCUT2D eigenvalue weighted by atomic mass is 10.0. The van der Waals surface area contributed by atoms with Gasteiger partial charge in [-0.05, 0) is 32.7 Å². The van der Waals surface area contributed by atoms with Crippen molar-refractivity contribution in [2.75, 3.05) is 24.5 Å². The van der Waals surface area contributed by atoms with Gasteiger partial charge in [0.05, 0.1) is 0 Å². The maximum Gasteiger partial charge on any atom is 0.185 e. The number of hydrogen-bond acceptors (Lipinski definition) is 4. The van der Waals surface area contributed by atoms with E-state index in [-0.39, 0.29) is 0 Å². The first kappa shape index (κ1) is 17.4. The van der Waals surface area contributed by atoms with Gasteiger partial charge in [0, 0.05) is 30.2 Å². The van der Waals surface area contributed by atoms with Gasteiger partial charge in [-0.25, -0.2) is 4.98 Å². The molecule has 0 radical (unpaired) electrons. The molecular formula is C16H31N3S. The van der Waals surface area contributed by atoms with E-state index in [4.69, 9.17) is 0 Å². The zero-order chi connectivity index (χ0) is 15.0. The van der Waals surface area contributed by atoms with Gasteiger partial charge in [-0.15, -0.1) is 11.3 Å². The summed E-state index contributed by atoms with van der Waals surface area (Å²) in [5, 5.41) is 4.71. The number of hydrogen-bond donors (Lipinski definition) is 1. The van der Waals surface area contributed by atoms with Crippen LogP contribution in [0.5, 0.6) is 0 Å². The summed E-state index contributed by atoms with van der Waals surface area (Å²) in [6, 6.07) is 0.410. The largest absolute Gasteiger partial charge is 0.348 e. The van der Waals surface area contributed by atoms with Crippen LogP contribution in [0.4, 0.5) is 5.13 Å². The molecule has 3 nitrogen and oxygen atoms in total. The molecule has 1 atom stereocenters. The minimum absolute atomic E-state index is 0.410. The molecule has 0 bridgehead atoms. The van der Waals surface area contributed by atoms with Crippen molar-refractivity contribution in [1.82, 2.24) is 10.3 Å². The zero-order valence-corrected chi connectivity index (χ0v) is 14.6. The molecule has 1 aromatic rings. The van der Waals surface area contributed by atoms with Crippen LogP contribution < -0.4 is 10.2 Å². The average Bonchev–Trinajstić information content (AvgIpc) is 2.96. The summed E-state index contributed by atoms with van der Waals surface area (Å²) in [7, 11) is 0. The second kappa shape index (κ2) is 9.35. The number of anilines is 1. The van der Waals surface area contributed by atoms with Gasteiger partial charge in [-0.2, -0.15) is 0 Å². The van der Waals surface area contributed by atoms with Crippen LogP contribution in [0.15, 0.2) is 6.20 Å². The molecule has 0 saturated heterocycles. The van der Waals surface area contributed by atoms with Crippen molar-refractivity contribution in [1.29, 1.82) is 0 Å². The van der Waals surface area contributed by atoms with Gasteiger partial charge in [-0.3, -0.25) is 0 Å². The molecule has 116 valence electrons. The second-order valence-corrected chi connectivity index (χ2v) is 6.48. The smallest absolute Gasteiger partial charge is 0.185 e. The van der Waals surface area contributed by atoms with Gasteiger partial charge in [0.25, 0.3) is 0 Å². The summed E-state index contributed by atoms with van der Waals surface area (Å²) in [6.45, 7) is 14.5. The fourth-order valence-electron chi connectivity index (χ4n) is 2.29. The summed E-state index contributed by atoms with van der Waals surface area (Å²) in [6.07, 6.45) is 5.72. The van der Waals surface area contributed by atoms with E-state index in [1.165, 1.54) is 29.3 Å². The summed E-state index contributed by atoms with van der Waals surface area (Å²) in [4.78, 5) is 8.42. The standard InChI is InChI=1S/C16H31N3S/c1-6-10-17-13(5)15-11-18-16(20-15)19(9-4)12-14(7-2)8-3/h11,13-14,17H,6-10,12H2,1-5H3. The first-order chi connectivity index (χ1) is 9.65. The van der Waals surface area contributed by atoms with E-state index in [9.17, 15) is 0 Å². The van der Waals surface area contributed by atoms with Crippen LogP contribution in [0.25, 0.3) is 0 Å². The Morgan fingerprint density at radius 1 is 1.25 bits per heavy atom. The number of nitrogens with zero attached hydrogens (tertiary/aromatic N) is 2. The van der Waals surface area contributed by atoms with Gasteiger partial charge in [-0.1, -0.05) is 33.6 Å². The Labute approximate surface area is 128 Å². The molecule has 1 heterocycles. The zero-order valence-electron chi connectivity index (χ0n) is 13.8. The monoisotopic (exact) mass is 297 g/mol. The molecular weight excluding hydrogens is 266 g/mol. The highest BCUT2D eigenvalue weighted by Crippen LogP contribution is 2.28. The summed E-state index contributed by atoms with van der Waals surface area (Å²) < 4.78 is 0. The van der Waals surface area contributed by atoms with E-state index in [1.54, 1.807) is 0 Å². The highest BCUT2D eigenvalue weighted by molar-refractivity contribution is 7.15. The van der Waals surface area contributed by atoms with Crippen LogP contribution in [0.2, 0.25) is 0 Å². The molecule has 0 spiro atoms. The van der Waals surface area contributed by atoms with E-state index in [0.717, 1.165) is 25.6 Å². The minimum Gasteiger partial charge on any atom is -0.348 e. The fraction of sp³-hybridized carbons (Fsp3) is 0.812. The van der Waals surface area contributed by atoms with Gasteiger partial charge < -0.3 is 10.2 Å². The molecule has 20 heavy (non-hydrogen) atoms. The molecule has 1 rings (SSSR count). The van der Waals surface area contributed by atoms with Crippen molar-refractivity contribution in [2.24, 2.45) is 5.92 Å². The van der Waals surface area contributed by atoms with Crippen molar-refractivity contribution in [2.45, 2.75) is 59.9 Å². The Balaban J connectivity index is 2.67. The van der Waals surface area contributed by atoms with Gasteiger partial charge >= 0.3 is 0 Å². The van der Waals surface area contributed by atoms with Crippen molar-refractivity contribution in [3.8, 4) is 0 Å². The van der Waals surface area contributed by atoms with Crippen LogP contribution in [0.3, 0.4) is 0 Å². The summed E-state index contributed by atoms with van der Waals surface area (Å²) in [5.41, 5.74) is 0. The van der Waals surface area contributed by atoms with Crippen molar-refractivity contribution < 1.29 is 0 Å². The first-order valence-electron chi connectivity index (χ1n) is 8.10. The lowest BCUT2D eigenvalue weighted by molar-refractivity contribution is 0.486. The molecule has 0 amide bonds. The average molecular weight is 298 g/mol. The number of rotatable bonds is 10. The van der Waals surface area contributed by atoms with Crippen LogP contribution in [0, 0.1) is 5.92 Å². The normalized spacial score (nSPS) is 12.9. The molecule has 0 aliphatic carbocycles. The maximum absolute atomic E-state index is 4.64. The minimum atomic E-state index is 0.410. The molecule has 4 heteroatoms. The predicted octanol–water partition coefficient (Wildman–Crippen LogP) is 4.47. The third-order valence-corrected chi connectivity index (χ3v) is 5.17. The van der Waals surface area contributed by atoms with Crippen LogP contribution in [-0.4, -0.2) is 24.6 Å². The topological polar surface area (TPSA) is 28.2 Å².